The number of alkyl carbamates (subject to hydrolysis) is 2. The molecule has 1 unspecified atom stereocenters. The number of hydrogen-bond donors (Lipinski definition) is 4. The maximum Gasteiger partial charge on any atom is 0.407 e. The van der Waals surface area contributed by atoms with Crippen molar-refractivity contribution in [3.63, 3.8) is 0 Å². The highest BCUT2D eigenvalue weighted by Crippen LogP contribution is 2.50. The number of carbonyl (C=O) groups is 4. The van der Waals surface area contributed by atoms with Gasteiger partial charge in [-0.05, 0) is 36.6 Å². The van der Waals surface area contributed by atoms with Gasteiger partial charge in [0, 0.05) is 36.4 Å². The summed E-state index contributed by atoms with van der Waals surface area (Å²) in [6.45, 7) is 0.560. The maximum absolute atomic E-state index is 13.2. The van der Waals surface area contributed by atoms with E-state index in [1.165, 1.54) is 12.3 Å². The van der Waals surface area contributed by atoms with Gasteiger partial charge >= 0.3 is 24.1 Å². The highest BCUT2D eigenvalue weighted by atomic mass is 16.6. The van der Waals surface area contributed by atoms with Gasteiger partial charge in [0.1, 0.15) is 55.6 Å². The minimum absolute atomic E-state index is 0.00146. The predicted molar refractivity (Wildman–Crippen MR) is 184 cm³/mol. The molecule has 0 saturated heterocycles. The number of hydrogen-bond acceptors (Lipinski definition) is 13. The first-order chi connectivity index (χ1) is 25.6. The second kappa shape index (κ2) is 16.6. The lowest BCUT2D eigenvalue weighted by atomic mass is 9.67. The van der Waals surface area contributed by atoms with Crippen molar-refractivity contribution in [2.75, 3.05) is 13.1 Å². The van der Waals surface area contributed by atoms with E-state index in [9.17, 15) is 29.4 Å². The highest BCUT2D eigenvalue weighted by molar-refractivity contribution is 5.79. The first kappa shape index (κ1) is 36.8. The number of ether oxygens (including phenoxy) is 6. The van der Waals surface area contributed by atoms with Crippen molar-refractivity contribution < 1.29 is 57.8 Å². The number of benzene rings is 2. The van der Waals surface area contributed by atoms with Crippen LogP contribution in [-0.2, 0) is 51.2 Å². The van der Waals surface area contributed by atoms with Gasteiger partial charge < -0.3 is 49.3 Å². The molecule has 1 fully saturated rings. The van der Waals surface area contributed by atoms with Gasteiger partial charge in [0.25, 0.3) is 0 Å². The molecule has 2 amide bonds. The van der Waals surface area contributed by atoms with Crippen molar-refractivity contribution >= 4 is 29.9 Å². The van der Waals surface area contributed by atoms with Gasteiger partial charge in [0.05, 0.1) is 11.7 Å². The van der Waals surface area contributed by atoms with Gasteiger partial charge in [0.2, 0.25) is 6.29 Å². The summed E-state index contributed by atoms with van der Waals surface area (Å²) in [5.41, 5.74) is 0.705. The third kappa shape index (κ3) is 9.12. The lowest BCUT2D eigenvalue weighted by Crippen LogP contribution is -2.63. The summed E-state index contributed by atoms with van der Waals surface area (Å²) in [6, 6.07) is 21.4. The fourth-order valence-corrected chi connectivity index (χ4v) is 6.47. The molecule has 1 aromatic heterocycles. The molecule has 278 valence electrons. The molecule has 0 radical (unpaired) electrons. The molecule has 4 N–H and O–H groups in total. The van der Waals surface area contributed by atoms with E-state index in [-0.39, 0.29) is 43.1 Å². The van der Waals surface area contributed by atoms with Crippen LogP contribution in [0.1, 0.15) is 36.5 Å². The quantitative estimate of drug-likeness (QED) is 0.166. The number of aromatic nitrogens is 1. The van der Waals surface area contributed by atoms with Crippen LogP contribution in [0, 0.1) is 5.92 Å². The van der Waals surface area contributed by atoms with Crippen molar-refractivity contribution in [1.29, 1.82) is 0 Å². The Kier molecular flexibility index (Phi) is 11.5. The van der Waals surface area contributed by atoms with E-state index in [1.807, 2.05) is 12.1 Å². The van der Waals surface area contributed by atoms with E-state index in [0.29, 0.717) is 5.56 Å². The van der Waals surface area contributed by atoms with Gasteiger partial charge in [-0.3, -0.25) is 14.6 Å². The fraction of sp³-hybridized carbons (Fsp3) is 0.342. The van der Waals surface area contributed by atoms with Crippen LogP contribution in [0.15, 0.2) is 103 Å². The van der Waals surface area contributed by atoms with Crippen LogP contribution in [0.3, 0.4) is 0 Å². The molecule has 3 aliphatic rings. The number of allylic oxidation sites excluding steroid dienone is 1. The van der Waals surface area contributed by atoms with Crippen LogP contribution in [0.4, 0.5) is 9.59 Å². The Morgan fingerprint density at radius 1 is 0.830 bits per heavy atom. The number of aliphatic hydroxyl groups excluding tert-OH is 2. The summed E-state index contributed by atoms with van der Waals surface area (Å²) in [5.74, 6) is -2.18. The Balaban J connectivity index is 1.14. The molecule has 3 aromatic rings. The van der Waals surface area contributed by atoms with E-state index in [2.05, 4.69) is 15.6 Å². The van der Waals surface area contributed by atoms with Crippen molar-refractivity contribution in [3.05, 3.63) is 119 Å². The number of esters is 2. The first-order valence-corrected chi connectivity index (χ1v) is 16.9. The summed E-state index contributed by atoms with van der Waals surface area (Å²) in [5, 5.41) is 27.4. The average Bonchev–Trinajstić information content (AvgIpc) is 3.16. The first-order valence-electron chi connectivity index (χ1n) is 16.9. The van der Waals surface area contributed by atoms with Crippen LogP contribution in [0.5, 0.6) is 0 Å². The molecule has 0 spiro atoms. The molecule has 53 heavy (non-hydrogen) atoms. The van der Waals surface area contributed by atoms with E-state index in [0.717, 1.165) is 11.1 Å². The minimum atomic E-state index is -1.59. The average molecular weight is 730 g/mol. The smallest absolute Gasteiger partial charge is 0.407 e. The molecular formula is C38H39N3O12. The van der Waals surface area contributed by atoms with Crippen LogP contribution in [0.25, 0.3) is 5.76 Å². The summed E-state index contributed by atoms with van der Waals surface area (Å²) >= 11 is 0. The van der Waals surface area contributed by atoms with Gasteiger partial charge in [0.15, 0.2) is 0 Å². The van der Waals surface area contributed by atoms with Crippen LogP contribution < -0.4 is 10.6 Å². The molecule has 1 saturated carbocycles. The second-order valence-electron chi connectivity index (χ2n) is 12.8. The number of pyridine rings is 1. The Morgan fingerprint density at radius 2 is 1.43 bits per heavy atom. The van der Waals surface area contributed by atoms with Crippen molar-refractivity contribution in [2.45, 2.75) is 63.2 Å². The van der Waals surface area contributed by atoms with Crippen LogP contribution >= 0.6 is 0 Å². The summed E-state index contributed by atoms with van der Waals surface area (Å²) < 4.78 is 34.1. The molecule has 2 aromatic carbocycles. The molecule has 6 rings (SSSR count). The van der Waals surface area contributed by atoms with E-state index >= 15 is 0 Å². The van der Waals surface area contributed by atoms with Crippen LogP contribution in [0.2, 0.25) is 0 Å². The van der Waals surface area contributed by atoms with Crippen molar-refractivity contribution in [3.8, 4) is 0 Å². The molecule has 15 heteroatoms. The molecule has 15 nitrogen and oxygen atoms in total. The molecule has 1 aliphatic carbocycles. The molecule has 6 atom stereocenters. The Labute approximate surface area is 304 Å². The predicted octanol–water partition coefficient (Wildman–Crippen LogP) is 3.26. The molecule has 3 heterocycles. The largest absolute Gasteiger partial charge is 0.483 e. The zero-order valence-corrected chi connectivity index (χ0v) is 28.7. The third-order valence-corrected chi connectivity index (χ3v) is 9.15. The van der Waals surface area contributed by atoms with Crippen LogP contribution in [-0.4, -0.2) is 82.6 Å². The number of rotatable bonds is 11. The standard InChI is InChI=1S/C38H39N3O12/c1-38-27(34(44)33-29(53-38)17-28(51-35(33)45)25-13-8-14-39-18-25)15-26(50-31(42)19-40-36(46)48-21-23-9-4-2-5-10-23)16-30(38)52-32(43)20-41-37(47)49-22-24-11-6-3-7-12-24/h2-14,17-18,26-27,30,34-35,44-45H,15-16,19-22H2,1H3,(H,40,46)(H,41,47)/t26-,27-,30-,34-,35?,38-/m0/s1. The van der Waals surface area contributed by atoms with Crippen molar-refractivity contribution in [1.82, 2.24) is 15.6 Å². The Morgan fingerprint density at radius 3 is 2.02 bits per heavy atom. The SMILES string of the molecule is C[C@]12OC3=C(C(O)OC(c4cccnc4)=C3)[C@@H](O)[C@@H]1C[C@H](OC(=O)CNC(=O)OCc1ccccc1)C[C@@H]2OC(=O)CNC(=O)OCc1ccccc1. The van der Waals surface area contributed by atoms with Gasteiger partial charge in [-0.1, -0.05) is 60.7 Å². The highest BCUT2D eigenvalue weighted by Gasteiger charge is 2.59. The van der Waals surface area contributed by atoms with Gasteiger partial charge in [-0.15, -0.1) is 0 Å². The van der Waals surface area contributed by atoms with Gasteiger partial charge in [-0.2, -0.15) is 0 Å². The number of amides is 2. The third-order valence-electron chi connectivity index (χ3n) is 9.15. The fourth-order valence-electron chi connectivity index (χ4n) is 6.47. The molecular weight excluding hydrogens is 690 g/mol. The van der Waals surface area contributed by atoms with E-state index in [4.69, 9.17) is 28.4 Å². The van der Waals surface area contributed by atoms with E-state index < -0.39 is 73.3 Å². The number of nitrogens with zero attached hydrogens (tertiary/aromatic N) is 1. The topological polar surface area (TPSA) is 201 Å². The zero-order chi connectivity index (χ0) is 37.4. The molecule has 2 aliphatic heterocycles. The summed E-state index contributed by atoms with van der Waals surface area (Å²) in [6.07, 6.45) is -2.10. The number of fused-ring (bicyclic) bond motifs is 1. The van der Waals surface area contributed by atoms with E-state index in [1.54, 1.807) is 73.8 Å². The number of nitrogens with one attached hydrogen (secondary N) is 2. The normalized spacial score (nSPS) is 24.4. The number of carbonyl (C=O) groups excluding carboxylic acids is 4. The Hall–Kier alpha value is -5.93. The molecule has 0 bridgehead atoms. The number of aliphatic hydroxyl groups is 2. The van der Waals surface area contributed by atoms with Crippen molar-refractivity contribution in [2.24, 2.45) is 5.92 Å². The minimum Gasteiger partial charge on any atom is -0.483 e. The Bertz CT molecular complexity index is 1840. The zero-order valence-electron chi connectivity index (χ0n) is 28.7. The monoisotopic (exact) mass is 729 g/mol. The lowest BCUT2D eigenvalue weighted by molar-refractivity contribution is -0.219. The second-order valence-corrected chi connectivity index (χ2v) is 12.8. The van der Waals surface area contributed by atoms with Gasteiger partial charge in [-0.25, -0.2) is 9.59 Å². The lowest BCUT2D eigenvalue weighted by Gasteiger charge is -2.53. The summed E-state index contributed by atoms with van der Waals surface area (Å²) in [7, 11) is 0. The summed E-state index contributed by atoms with van der Waals surface area (Å²) in [4.78, 5) is 54.7. The maximum atomic E-state index is 13.2.